The topological polar surface area (TPSA) is 105 Å². The molecule has 1 aliphatic rings. The predicted octanol–water partition coefficient (Wildman–Crippen LogP) is 0.612. The number of esters is 1. The van der Waals surface area contributed by atoms with Crippen molar-refractivity contribution in [3.8, 4) is 5.75 Å². The summed E-state index contributed by atoms with van der Waals surface area (Å²) in [5, 5.41) is 12.5. The molecule has 0 aromatic heterocycles. The molecule has 2 amide bonds. The monoisotopic (exact) mass is 336 g/mol. The van der Waals surface area contributed by atoms with E-state index < -0.39 is 11.9 Å². The van der Waals surface area contributed by atoms with Crippen LogP contribution in [0.15, 0.2) is 18.2 Å². The van der Waals surface area contributed by atoms with Crippen molar-refractivity contribution >= 4 is 23.5 Å². The van der Waals surface area contributed by atoms with Gasteiger partial charge in [-0.05, 0) is 18.2 Å². The van der Waals surface area contributed by atoms with Crippen molar-refractivity contribution in [1.29, 1.82) is 0 Å². The second-order valence-corrected chi connectivity index (χ2v) is 5.45. The highest BCUT2D eigenvalue weighted by atomic mass is 16.5. The highest BCUT2D eigenvalue weighted by Crippen LogP contribution is 2.26. The summed E-state index contributed by atoms with van der Waals surface area (Å²) >= 11 is 0. The summed E-state index contributed by atoms with van der Waals surface area (Å²) < 4.78 is 9.49. The van der Waals surface area contributed by atoms with E-state index in [4.69, 9.17) is 4.74 Å². The third-order valence-electron chi connectivity index (χ3n) is 3.83. The third kappa shape index (κ3) is 4.02. The molecule has 24 heavy (non-hydrogen) atoms. The van der Waals surface area contributed by atoms with Crippen molar-refractivity contribution in [3.63, 3.8) is 0 Å². The fourth-order valence-electron chi connectivity index (χ4n) is 2.48. The molecule has 2 rings (SSSR count). The Kier molecular flexibility index (Phi) is 5.75. The second kappa shape index (κ2) is 7.78. The van der Waals surface area contributed by atoms with E-state index in [2.05, 4.69) is 10.1 Å². The maximum absolute atomic E-state index is 12.3. The molecule has 1 aromatic rings. The molecule has 8 nitrogen and oxygen atoms in total. The molecule has 1 aliphatic heterocycles. The number of amides is 2. The lowest BCUT2D eigenvalue weighted by Crippen LogP contribution is -2.30. The van der Waals surface area contributed by atoms with Crippen LogP contribution in [-0.4, -0.2) is 61.7 Å². The van der Waals surface area contributed by atoms with Crippen LogP contribution in [0.1, 0.15) is 16.8 Å². The molecular weight excluding hydrogens is 316 g/mol. The Morgan fingerprint density at radius 1 is 1.38 bits per heavy atom. The van der Waals surface area contributed by atoms with Crippen LogP contribution in [0.2, 0.25) is 0 Å². The molecule has 8 heteroatoms. The first-order valence-corrected chi connectivity index (χ1v) is 7.45. The molecule has 0 bridgehead atoms. The van der Waals surface area contributed by atoms with Gasteiger partial charge in [-0.25, -0.2) is 4.79 Å². The number of carbonyl (C=O) groups is 3. The van der Waals surface area contributed by atoms with Crippen molar-refractivity contribution in [2.24, 2.45) is 5.92 Å². The lowest BCUT2D eigenvalue weighted by Gasteiger charge is -2.16. The Morgan fingerprint density at radius 2 is 2.12 bits per heavy atom. The molecule has 0 aliphatic carbocycles. The highest BCUT2D eigenvalue weighted by molar-refractivity contribution is 5.99. The third-order valence-corrected chi connectivity index (χ3v) is 3.83. The molecule has 1 heterocycles. The van der Waals surface area contributed by atoms with Gasteiger partial charge in [0.25, 0.3) is 0 Å². The lowest BCUT2D eigenvalue weighted by molar-refractivity contribution is -0.128. The van der Waals surface area contributed by atoms with Crippen LogP contribution in [0.4, 0.5) is 5.69 Å². The first-order chi connectivity index (χ1) is 11.5. The Hall–Kier alpha value is -2.61. The largest absolute Gasteiger partial charge is 0.506 e. The van der Waals surface area contributed by atoms with E-state index in [0.29, 0.717) is 19.7 Å². The first-order valence-electron chi connectivity index (χ1n) is 7.45. The minimum Gasteiger partial charge on any atom is -0.506 e. The van der Waals surface area contributed by atoms with E-state index in [1.807, 2.05) is 0 Å². The fourth-order valence-corrected chi connectivity index (χ4v) is 2.48. The molecule has 1 aromatic carbocycles. The summed E-state index contributed by atoms with van der Waals surface area (Å²) in [5.74, 6) is -1.78. The van der Waals surface area contributed by atoms with Crippen LogP contribution < -0.4 is 5.32 Å². The number of methoxy groups -OCH3 is 2. The predicted molar refractivity (Wildman–Crippen MR) is 84.6 cm³/mol. The molecule has 130 valence electrons. The van der Waals surface area contributed by atoms with Crippen LogP contribution in [0, 0.1) is 5.92 Å². The number of rotatable bonds is 6. The van der Waals surface area contributed by atoms with Crippen LogP contribution in [0.25, 0.3) is 0 Å². The van der Waals surface area contributed by atoms with Crippen molar-refractivity contribution in [2.75, 3.05) is 39.2 Å². The van der Waals surface area contributed by atoms with Gasteiger partial charge < -0.3 is 24.8 Å². The van der Waals surface area contributed by atoms with Gasteiger partial charge in [0.2, 0.25) is 11.8 Å². The zero-order chi connectivity index (χ0) is 17.7. The number of anilines is 1. The molecule has 1 saturated heterocycles. The molecule has 1 unspecified atom stereocenters. The Balaban J connectivity index is 2.00. The first kappa shape index (κ1) is 17.7. The van der Waals surface area contributed by atoms with E-state index in [1.165, 1.54) is 25.3 Å². The molecule has 1 atom stereocenters. The number of likely N-dealkylation sites (tertiary alicyclic amines) is 1. The van der Waals surface area contributed by atoms with Crippen molar-refractivity contribution in [3.05, 3.63) is 23.8 Å². The minimum atomic E-state index is -0.585. The van der Waals surface area contributed by atoms with Crippen LogP contribution in [0.5, 0.6) is 5.75 Å². The lowest BCUT2D eigenvalue weighted by atomic mass is 10.1. The van der Waals surface area contributed by atoms with Gasteiger partial charge in [0, 0.05) is 26.6 Å². The summed E-state index contributed by atoms with van der Waals surface area (Å²) in [6, 6.07) is 4.07. The quantitative estimate of drug-likeness (QED) is 0.582. The van der Waals surface area contributed by atoms with Crippen LogP contribution >= 0.6 is 0 Å². The second-order valence-electron chi connectivity index (χ2n) is 5.45. The van der Waals surface area contributed by atoms with E-state index in [9.17, 15) is 19.5 Å². The van der Waals surface area contributed by atoms with Gasteiger partial charge in [0.1, 0.15) is 5.75 Å². The van der Waals surface area contributed by atoms with Gasteiger partial charge in [0.05, 0.1) is 30.9 Å². The van der Waals surface area contributed by atoms with Gasteiger partial charge in [-0.1, -0.05) is 0 Å². The number of hydrogen-bond acceptors (Lipinski definition) is 6. The van der Waals surface area contributed by atoms with Crippen molar-refractivity contribution in [1.82, 2.24) is 4.90 Å². The molecule has 0 saturated carbocycles. The zero-order valence-corrected chi connectivity index (χ0v) is 13.6. The number of phenolic OH excluding ortho intramolecular Hbond substituents is 1. The molecule has 2 N–H and O–H groups in total. The van der Waals surface area contributed by atoms with Gasteiger partial charge in [-0.15, -0.1) is 0 Å². The number of nitrogens with zero attached hydrogens (tertiary/aromatic N) is 1. The summed E-state index contributed by atoms with van der Waals surface area (Å²) in [4.78, 5) is 37.1. The number of carbonyl (C=O) groups excluding carboxylic acids is 3. The summed E-state index contributed by atoms with van der Waals surface area (Å²) in [5.41, 5.74) is 0.352. The zero-order valence-electron chi connectivity index (χ0n) is 13.6. The summed E-state index contributed by atoms with van der Waals surface area (Å²) in [7, 11) is 2.78. The Morgan fingerprint density at radius 3 is 2.75 bits per heavy atom. The van der Waals surface area contributed by atoms with Crippen molar-refractivity contribution < 1.29 is 29.0 Å². The smallest absolute Gasteiger partial charge is 0.337 e. The number of phenols is 1. The maximum Gasteiger partial charge on any atom is 0.337 e. The van der Waals surface area contributed by atoms with Gasteiger partial charge >= 0.3 is 5.97 Å². The van der Waals surface area contributed by atoms with Crippen molar-refractivity contribution in [2.45, 2.75) is 6.42 Å². The molecular formula is C16H20N2O6. The maximum atomic E-state index is 12.3. The molecule has 0 spiro atoms. The number of ether oxygens (including phenoxy) is 2. The number of benzene rings is 1. The minimum absolute atomic E-state index is 0.0996. The normalized spacial score (nSPS) is 17.0. The Labute approximate surface area is 139 Å². The average molecular weight is 336 g/mol. The van der Waals surface area contributed by atoms with E-state index in [-0.39, 0.29) is 35.2 Å². The highest BCUT2D eigenvalue weighted by Gasteiger charge is 2.34. The standard InChI is InChI=1S/C16H20N2O6/c1-23-6-5-18-9-11(8-14(18)20)15(21)17-12-4-3-10(7-13(12)19)16(22)24-2/h3-4,7,11,19H,5-6,8-9H2,1-2H3,(H,17,21). The fraction of sp³-hybridized carbons (Fsp3) is 0.438. The number of aromatic hydroxyl groups is 1. The van der Waals surface area contributed by atoms with Gasteiger partial charge in [-0.3, -0.25) is 9.59 Å². The van der Waals surface area contributed by atoms with E-state index >= 15 is 0 Å². The van der Waals surface area contributed by atoms with Crippen LogP contribution in [-0.2, 0) is 19.1 Å². The van der Waals surface area contributed by atoms with Crippen LogP contribution in [0.3, 0.4) is 0 Å². The average Bonchev–Trinajstić information content (AvgIpc) is 2.95. The SMILES string of the molecule is COCCN1CC(C(=O)Nc2ccc(C(=O)OC)cc2O)CC1=O. The molecule has 0 radical (unpaired) electrons. The van der Waals surface area contributed by atoms with Gasteiger partial charge in [0.15, 0.2) is 0 Å². The Bertz CT molecular complexity index is 645. The molecule has 1 fully saturated rings. The van der Waals surface area contributed by atoms with Gasteiger partial charge in [-0.2, -0.15) is 0 Å². The van der Waals surface area contributed by atoms with E-state index in [0.717, 1.165) is 0 Å². The number of hydrogen-bond donors (Lipinski definition) is 2. The van der Waals surface area contributed by atoms with E-state index in [1.54, 1.807) is 12.0 Å². The summed E-state index contributed by atoms with van der Waals surface area (Å²) in [6.07, 6.45) is 0.122. The number of nitrogens with one attached hydrogen (secondary N) is 1. The summed E-state index contributed by atoms with van der Waals surface area (Å²) in [6.45, 7) is 1.17.